The molecular weight excluding hydrogens is 326 g/mol. The van der Waals surface area contributed by atoms with E-state index in [1.807, 2.05) is 0 Å². The van der Waals surface area contributed by atoms with Crippen molar-refractivity contribution in [1.82, 2.24) is 0 Å². The van der Waals surface area contributed by atoms with Crippen molar-refractivity contribution < 1.29 is 128 Å². The molecule has 0 heterocycles. The van der Waals surface area contributed by atoms with Gasteiger partial charge in [-0.25, -0.2) is 0 Å². The Kier molecular flexibility index (Phi) is 19.6. The van der Waals surface area contributed by atoms with Crippen LogP contribution in [-0.2, 0) is 0 Å². The molecule has 7 heteroatoms. The summed E-state index contributed by atoms with van der Waals surface area (Å²) < 4.78 is 0. The number of aromatic carboxylic acids is 2. The monoisotopic (exact) mass is 338 g/mol. The normalized spacial score (nSPS) is 7.62. The summed E-state index contributed by atoms with van der Waals surface area (Å²) in [5.74, 6) is -2.26. The molecule has 21 heavy (non-hydrogen) atoms. The van der Waals surface area contributed by atoms with Crippen LogP contribution in [-0.4, -0.2) is 17.4 Å². The van der Waals surface area contributed by atoms with E-state index in [1.165, 1.54) is 24.3 Å². The maximum atomic E-state index is 10.1. The zero-order valence-electron chi connectivity index (χ0n) is 11.9. The maximum absolute atomic E-state index is 10.1. The van der Waals surface area contributed by atoms with Crippen molar-refractivity contribution >= 4 is 11.9 Å². The Balaban J connectivity index is -0.000000270. The van der Waals surface area contributed by atoms with E-state index in [1.54, 1.807) is 36.4 Å². The van der Waals surface area contributed by atoms with E-state index in [-0.39, 0.29) is 119 Å². The first-order chi connectivity index (χ1) is 8.61. The molecule has 0 saturated heterocycles. The first kappa shape index (κ1) is 26.5. The van der Waals surface area contributed by atoms with E-state index in [0.717, 1.165) is 0 Å². The van der Waals surface area contributed by atoms with Crippen LogP contribution in [0.1, 0.15) is 20.7 Å². The predicted molar refractivity (Wildman–Crippen MR) is 65.2 cm³/mol. The minimum atomic E-state index is -1.13. The van der Waals surface area contributed by atoms with Crippen LogP contribution in [0, 0.1) is 0 Å². The van der Waals surface area contributed by atoms with E-state index >= 15 is 0 Å². The molecule has 0 aromatic heterocycles. The van der Waals surface area contributed by atoms with Gasteiger partial charge in [0.25, 0.3) is 0 Å². The van der Waals surface area contributed by atoms with Crippen LogP contribution in [0.25, 0.3) is 0 Å². The zero-order chi connectivity index (χ0) is 13.4. The van der Waals surface area contributed by atoms with Crippen LogP contribution in [0.2, 0.25) is 0 Å². The van der Waals surface area contributed by atoms with Crippen molar-refractivity contribution in [3.63, 3.8) is 0 Å². The molecule has 0 bridgehead atoms. The summed E-state index contributed by atoms with van der Waals surface area (Å²) in [6.07, 6.45) is 0. The molecule has 2 rings (SSSR count). The quantitative estimate of drug-likeness (QED) is 0.507. The van der Waals surface area contributed by atoms with Gasteiger partial charge in [0.05, 0.1) is 11.9 Å². The summed E-state index contributed by atoms with van der Waals surface area (Å²) in [7, 11) is 0. The number of carboxylic acid groups (broad SMARTS) is 2. The molecule has 0 aliphatic carbocycles. The number of rotatable bonds is 2. The first-order valence-corrected chi connectivity index (χ1v) is 5.14. The van der Waals surface area contributed by atoms with Gasteiger partial charge in [-0.2, -0.15) is 0 Å². The Bertz CT molecular complexity index is 468. The summed E-state index contributed by atoms with van der Waals surface area (Å²) in [4.78, 5) is 20.2. The molecule has 2 aromatic rings. The average molecular weight is 338 g/mol. The molecule has 0 radical (unpaired) electrons. The Hall–Kier alpha value is 0.613. The Morgan fingerprint density at radius 2 is 0.857 bits per heavy atom. The molecule has 5 nitrogen and oxygen atoms in total. The summed E-state index contributed by atoms with van der Waals surface area (Å²) >= 11 is 0. The second kappa shape index (κ2) is 15.5. The molecule has 2 aromatic carbocycles. The van der Waals surface area contributed by atoms with Crippen LogP contribution >= 0.6 is 0 Å². The SMILES string of the molecule is O.O=C([O-])c1ccccc1.O=C([O-])c1ccccc1.[K+].[K+]. The molecule has 0 fully saturated rings. The third kappa shape index (κ3) is 11.8. The number of hydrogen-bond acceptors (Lipinski definition) is 4. The van der Waals surface area contributed by atoms with Crippen molar-refractivity contribution in [3.8, 4) is 0 Å². The minimum absolute atomic E-state index is 0. The second-order valence-corrected chi connectivity index (χ2v) is 3.31. The fourth-order valence-corrected chi connectivity index (χ4v) is 1.15. The molecule has 0 saturated carbocycles. The van der Waals surface area contributed by atoms with Gasteiger partial charge >= 0.3 is 103 Å². The van der Waals surface area contributed by atoms with E-state index in [9.17, 15) is 19.8 Å². The van der Waals surface area contributed by atoms with Crippen molar-refractivity contribution in [1.29, 1.82) is 0 Å². The number of carbonyl (C=O) groups is 2. The zero-order valence-corrected chi connectivity index (χ0v) is 18.2. The standard InChI is InChI=1S/2C7H6O2.2K.H2O/c2*8-7(9)6-4-2-1-3-5-6;;;/h2*1-5H,(H,8,9);;;1H2/q;;2*+1;/p-2. The van der Waals surface area contributed by atoms with E-state index < -0.39 is 11.9 Å². The minimum Gasteiger partial charge on any atom is -0.545 e. The maximum Gasteiger partial charge on any atom is 1.00 e. The van der Waals surface area contributed by atoms with Crippen LogP contribution in [0.15, 0.2) is 60.7 Å². The van der Waals surface area contributed by atoms with Gasteiger partial charge in [-0.15, -0.1) is 0 Å². The van der Waals surface area contributed by atoms with Gasteiger partial charge < -0.3 is 25.3 Å². The molecule has 0 unspecified atom stereocenters. The topological polar surface area (TPSA) is 112 Å². The molecule has 0 atom stereocenters. The number of carboxylic acids is 2. The summed E-state index contributed by atoms with van der Waals surface area (Å²) in [6, 6.07) is 16.1. The van der Waals surface area contributed by atoms with E-state index in [4.69, 9.17) is 0 Å². The molecule has 0 aliphatic heterocycles. The van der Waals surface area contributed by atoms with Gasteiger partial charge in [-0.1, -0.05) is 60.7 Å². The molecule has 0 amide bonds. The Morgan fingerprint density at radius 3 is 1.00 bits per heavy atom. The van der Waals surface area contributed by atoms with Crippen LogP contribution < -0.4 is 113 Å². The van der Waals surface area contributed by atoms with Crippen molar-refractivity contribution in [3.05, 3.63) is 71.8 Å². The third-order valence-electron chi connectivity index (χ3n) is 2.02. The van der Waals surface area contributed by atoms with Gasteiger partial charge in [0, 0.05) is 0 Å². The van der Waals surface area contributed by atoms with Crippen molar-refractivity contribution in [2.45, 2.75) is 0 Å². The average Bonchev–Trinajstić information content (AvgIpc) is 2.41. The molecule has 0 aliphatic rings. The van der Waals surface area contributed by atoms with Gasteiger partial charge in [0.15, 0.2) is 0 Å². The molecule has 0 spiro atoms. The Morgan fingerprint density at radius 1 is 0.619 bits per heavy atom. The fourth-order valence-electron chi connectivity index (χ4n) is 1.15. The second-order valence-electron chi connectivity index (χ2n) is 3.31. The summed E-state index contributed by atoms with van der Waals surface area (Å²) in [6.45, 7) is 0. The molecule has 100 valence electrons. The molecule has 2 N–H and O–H groups in total. The van der Waals surface area contributed by atoms with Gasteiger partial charge in [0.2, 0.25) is 0 Å². The third-order valence-corrected chi connectivity index (χ3v) is 2.02. The number of benzene rings is 2. The van der Waals surface area contributed by atoms with Gasteiger partial charge in [0.1, 0.15) is 0 Å². The van der Waals surface area contributed by atoms with Crippen molar-refractivity contribution in [2.24, 2.45) is 0 Å². The van der Waals surface area contributed by atoms with Crippen LogP contribution in [0.4, 0.5) is 0 Å². The smallest absolute Gasteiger partial charge is 0.545 e. The molecular formula is C14H12K2O5. The summed E-state index contributed by atoms with van der Waals surface area (Å²) in [5.41, 5.74) is 0.440. The van der Waals surface area contributed by atoms with Crippen LogP contribution in [0.5, 0.6) is 0 Å². The van der Waals surface area contributed by atoms with Crippen LogP contribution in [0.3, 0.4) is 0 Å². The first-order valence-electron chi connectivity index (χ1n) is 5.14. The van der Waals surface area contributed by atoms with Gasteiger partial charge in [-0.3, -0.25) is 0 Å². The number of hydrogen-bond donors (Lipinski definition) is 0. The fraction of sp³-hybridized carbons (Fsp3) is 0. The van der Waals surface area contributed by atoms with E-state index in [2.05, 4.69) is 0 Å². The number of carbonyl (C=O) groups excluding carboxylic acids is 2. The predicted octanol–water partition coefficient (Wildman–Crippen LogP) is -6.72. The Labute approximate surface area is 207 Å². The van der Waals surface area contributed by atoms with Gasteiger partial charge in [-0.05, 0) is 11.1 Å². The summed E-state index contributed by atoms with van der Waals surface area (Å²) in [5, 5.41) is 20.2. The van der Waals surface area contributed by atoms with Crippen molar-refractivity contribution in [2.75, 3.05) is 0 Å². The largest absolute Gasteiger partial charge is 1.00 e. The van der Waals surface area contributed by atoms with E-state index in [0.29, 0.717) is 0 Å².